The van der Waals surface area contributed by atoms with E-state index in [0.29, 0.717) is 6.67 Å². The van der Waals surface area contributed by atoms with Crippen molar-refractivity contribution in [2.75, 3.05) is 31.1 Å². The van der Waals surface area contributed by atoms with Crippen molar-refractivity contribution < 1.29 is 4.92 Å². The number of pyridine rings is 1. The van der Waals surface area contributed by atoms with Crippen molar-refractivity contribution >= 4 is 11.4 Å². The first-order valence-electron chi connectivity index (χ1n) is 7.51. The maximum Gasteiger partial charge on any atom is 0.285 e. The van der Waals surface area contributed by atoms with Gasteiger partial charge in [-0.2, -0.15) is 0 Å². The molecule has 2 heterocycles. The molecule has 1 aromatic heterocycles. The number of nitro groups is 1. The van der Waals surface area contributed by atoms with Crippen LogP contribution in [0.2, 0.25) is 0 Å². The molecule has 1 aliphatic rings. The molecule has 0 radical (unpaired) electrons. The first kappa shape index (κ1) is 15.2. The lowest BCUT2D eigenvalue weighted by Gasteiger charge is -2.36. The zero-order valence-electron chi connectivity index (χ0n) is 12.7. The topological polar surface area (TPSA) is 71.6 Å². The molecular formula is C16H18N4O3. The molecule has 120 valence electrons. The number of benzene rings is 1. The normalized spacial score (nSPS) is 15.6. The number of hydrogen-bond donors (Lipinski definition) is 0. The van der Waals surface area contributed by atoms with E-state index in [0.717, 1.165) is 26.2 Å². The molecule has 1 fully saturated rings. The molecule has 7 nitrogen and oxygen atoms in total. The van der Waals surface area contributed by atoms with Gasteiger partial charge in [-0.25, -0.2) is 0 Å². The highest BCUT2D eigenvalue weighted by atomic mass is 16.6. The Kier molecular flexibility index (Phi) is 4.38. The second kappa shape index (κ2) is 6.62. The van der Waals surface area contributed by atoms with Crippen LogP contribution in [0.15, 0.2) is 53.5 Å². The maximum atomic E-state index is 11.9. The molecule has 1 aromatic carbocycles. The Hall–Kier alpha value is -2.67. The lowest BCUT2D eigenvalue weighted by atomic mass is 10.2. The van der Waals surface area contributed by atoms with Gasteiger partial charge in [-0.3, -0.25) is 24.4 Å². The van der Waals surface area contributed by atoms with Crippen molar-refractivity contribution in [1.82, 2.24) is 9.47 Å². The van der Waals surface area contributed by atoms with Crippen LogP contribution in [0.4, 0.5) is 11.4 Å². The van der Waals surface area contributed by atoms with Gasteiger partial charge in [0.2, 0.25) is 0 Å². The lowest BCUT2D eigenvalue weighted by Crippen LogP contribution is -2.47. The maximum absolute atomic E-state index is 11.9. The lowest BCUT2D eigenvalue weighted by molar-refractivity contribution is -0.385. The summed E-state index contributed by atoms with van der Waals surface area (Å²) >= 11 is 0. The fraction of sp³-hybridized carbons (Fsp3) is 0.312. The van der Waals surface area contributed by atoms with Gasteiger partial charge in [0.05, 0.1) is 17.8 Å². The number of anilines is 1. The molecule has 0 bridgehead atoms. The first-order valence-corrected chi connectivity index (χ1v) is 7.51. The van der Waals surface area contributed by atoms with Gasteiger partial charge in [0.15, 0.2) is 0 Å². The predicted octanol–water partition coefficient (Wildman–Crippen LogP) is 1.54. The summed E-state index contributed by atoms with van der Waals surface area (Å²) < 4.78 is 1.40. The Morgan fingerprint density at radius 3 is 2.35 bits per heavy atom. The number of rotatable bonds is 4. The van der Waals surface area contributed by atoms with Crippen LogP contribution in [0.3, 0.4) is 0 Å². The second-order valence-electron chi connectivity index (χ2n) is 5.53. The minimum absolute atomic E-state index is 0.0625. The molecule has 0 amide bonds. The van der Waals surface area contributed by atoms with Gasteiger partial charge in [0.1, 0.15) is 0 Å². The number of aromatic nitrogens is 1. The van der Waals surface area contributed by atoms with Gasteiger partial charge < -0.3 is 4.90 Å². The number of hydrogen-bond acceptors (Lipinski definition) is 5. The molecule has 0 unspecified atom stereocenters. The van der Waals surface area contributed by atoms with Crippen molar-refractivity contribution in [3.05, 3.63) is 69.1 Å². The van der Waals surface area contributed by atoms with E-state index < -0.39 is 4.92 Å². The quantitative estimate of drug-likeness (QED) is 0.632. The minimum atomic E-state index is -0.483. The van der Waals surface area contributed by atoms with E-state index >= 15 is 0 Å². The van der Waals surface area contributed by atoms with Crippen LogP contribution in [0.5, 0.6) is 0 Å². The third-order valence-electron chi connectivity index (χ3n) is 4.02. The van der Waals surface area contributed by atoms with Crippen LogP contribution in [-0.4, -0.2) is 40.6 Å². The van der Waals surface area contributed by atoms with E-state index in [1.54, 1.807) is 0 Å². The molecule has 2 aromatic rings. The Balaban J connectivity index is 1.64. The molecule has 3 rings (SSSR count). The summed E-state index contributed by atoms with van der Waals surface area (Å²) in [6.07, 6.45) is 1.31. The van der Waals surface area contributed by atoms with Gasteiger partial charge in [-0.1, -0.05) is 18.2 Å². The molecule has 0 atom stereocenters. The Labute approximate surface area is 133 Å². The fourth-order valence-electron chi connectivity index (χ4n) is 2.74. The smallest absolute Gasteiger partial charge is 0.285 e. The monoisotopic (exact) mass is 314 g/mol. The standard InChI is InChI=1S/C16H18N4O3/c21-16-7-6-15(20(22)23)12-19(16)13-17-8-10-18(11-9-17)14-4-2-1-3-5-14/h1-7,12H,8-11,13H2. The Morgan fingerprint density at radius 2 is 1.70 bits per heavy atom. The van der Waals surface area contributed by atoms with Gasteiger partial charge in [0, 0.05) is 44.0 Å². The van der Waals surface area contributed by atoms with E-state index in [2.05, 4.69) is 21.9 Å². The van der Waals surface area contributed by atoms with Crippen molar-refractivity contribution in [3.63, 3.8) is 0 Å². The first-order chi connectivity index (χ1) is 11.1. The van der Waals surface area contributed by atoms with Crippen LogP contribution < -0.4 is 10.5 Å². The van der Waals surface area contributed by atoms with Gasteiger partial charge in [0.25, 0.3) is 11.2 Å². The SMILES string of the molecule is O=c1ccc([N+](=O)[O-])cn1CN1CCN(c2ccccc2)CC1. The van der Waals surface area contributed by atoms with Crippen molar-refractivity contribution in [2.24, 2.45) is 0 Å². The molecule has 23 heavy (non-hydrogen) atoms. The summed E-state index contributed by atoms with van der Waals surface area (Å²) in [5.74, 6) is 0. The summed E-state index contributed by atoms with van der Waals surface area (Å²) in [5, 5.41) is 10.8. The van der Waals surface area contributed by atoms with Crippen molar-refractivity contribution in [1.29, 1.82) is 0 Å². The zero-order chi connectivity index (χ0) is 16.2. The Bertz CT molecular complexity index is 736. The van der Waals surface area contributed by atoms with Crippen molar-refractivity contribution in [3.8, 4) is 0 Å². The molecule has 0 aliphatic carbocycles. The van der Waals surface area contributed by atoms with Crippen molar-refractivity contribution in [2.45, 2.75) is 6.67 Å². The van der Waals surface area contributed by atoms with E-state index in [1.165, 1.54) is 28.6 Å². The summed E-state index contributed by atoms with van der Waals surface area (Å²) in [6, 6.07) is 12.7. The molecule has 0 saturated carbocycles. The summed E-state index contributed by atoms with van der Waals surface area (Å²) in [7, 11) is 0. The highest BCUT2D eigenvalue weighted by Crippen LogP contribution is 2.16. The van der Waals surface area contributed by atoms with Crippen LogP contribution >= 0.6 is 0 Å². The summed E-state index contributed by atoms with van der Waals surface area (Å²) in [4.78, 5) is 26.6. The largest absolute Gasteiger partial charge is 0.369 e. The molecular weight excluding hydrogens is 296 g/mol. The fourth-order valence-corrected chi connectivity index (χ4v) is 2.74. The van der Waals surface area contributed by atoms with Crippen LogP contribution in [0.25, 0.3) is 0 Å². The van der Waals surface area contributed by atoms with Crippen LogP contribution in [-0.2, 0) is 6.67 Å². The minimum Gasteiger partial charge on any atom is -0.369 e. The average Bonchev–Trinajstić information content (AvgIpc) is 2.58. The van der Waals surface area contributed by atoms with E-state index in [4.69, 9.17) is 0 Å². The van der Waals surface area contributed by atoms with E-state index in [-0.39, 0.29) is 11.2 Å². The number of para-hydroxylation sites is 1. The molecule has 7 heteroatoms. The van der Waals surface area contributed by atoms with Crippen LogP contribution in [0, 0.1) is 10.1 Å². The van der Waals surface area contributed by atoms with Crippen LogP contribution in [0.1, 0.15) is 0 Å². The summed E-state index contributed by atoms with van der Waals surface area (Å²) in [5.41, 5.74) is 0.910. The third-order valence-corrected chi connectivity index (χ3v) is 4.02. The summed E-state index contributed by atoms with van der Waals surface area (Å²) in [6.45, 7) is 3.73. The van der Waals surface area contributed by atoms with E-state index in [1.807, 2.05) is 18.2 Å². The molecule has 1 aliphatic heterocycles. The Morgan fingerprint density at radius 1 is 1.00 bits per heavy atom. The van der Waals surface area contributed by atoms with Gasteiger partial charge >= 0.3 is 0 Å². The molecule has 1 saturated heterocycles. The van der Waals surface area contributed by atoms with E-state index in [9.17, 15) is 14.9 Å². The number of piperazine rings is 1. The second-order valence-corrected chi connectivity index (χ2v) is 5.53. The highest BCUT2D eigenvalue weighted by molar-refractivity contribution is 5.46. The highest BCUT2D eigenvalue weighted by Gasteiger charge is 2.18. The third kappa shape index (κ3) is 3.57. The predicted molar refractivity (Wildman–Crippen MR) is 87.6 cm³/mol. The molecule has 0 spiro atoms. The van der Waals surface area contributed by atoms with Gasteiger partial charge in [-0.05, 0) is 12.1 Å². The number of nitrogens with zero attached hydrogens (tertiary/aromatic N) is 4. The molecule has 0 N–H and O–H groups in total. The zero-order valence-corrected chi connectivity index (χ0v) is 12.7. The average molecular weight is 314 g/mol. The van der Waals surface area contributed by atoms with Gasteiger partial charge in [-0.15, -0.1) is 0 Å².